The Morgan fingerprint density at radius 1 is 1.05 bits per heavy atom. The molecule has 4 rings (SSSR count). The molecule has 0 spiro atoms. The summed E-state index contributed by atoms with van der Waals surface area (Å²) in [6, 6.07) is 8.63. The lowest BCUT2D eigenvalue weighted by Gasteiger charge is -2.46. The van der Waals surface area contributed by atoms with E-state index in [1.165, 1.54) is 0 Å². The first-order chi connectivity index (χ1) is 17.8. The van der Waals surface area contributed by atoms with Gasteiger partial charge in [0, 0.05) is 25.9 Å². The van der Waals surface area contributed by atoms with E-state index in [2.05, 4.69) is 22.5 Å². The number of esters is 1. The predicted molar refractivity (Wildman–Crippen MR) is 136 cm³/mol. The number of carbonyl (C=O) groups excluding carboxylic acids is 2. The van der Waals surface area contributed by atoms with E-state index >= 15 is 0 Å². The molecule has 204 valence electrons. The van der Waals surface area contributed by atoms with Gasteiger partial charge in [-0.1, -0.05) is 40.7 Å². The summed E-state index contributed by atoms with van der Waals surface area (Å²) in [5.74, 6) is -0.628. The molecule has 4 unspecified atom stereocenters. The van der Waals surface area contributed by atoms with Crippen LogP contribution in [0.5, 0.6) is 0 Å². The van der Waals surface area contributed by atoms with E-state index in [1.807, 2.05) is 6.07 Å². The lowest BCUT2D eigenvalue weighted by molar-refractivity contribution is -0.260. The molecule has 9 atom stereocenters. The molecule has 1 aromatic rings. The van der Waals surface area contributed by atoms with Crippen molar-refractivity contribution < 1.29 is 43.9 Å². The van der Waals surface area contributed by atoms with Crippen LogP contribution in [0, 0.1) is 0 Å². The summed E-state index contributed by atoms with van der Waals surface area (Å²) in [5.41, 5.74) is 0.426. The third-order valence-electron chi connectivity index (χ3n) is 7.22. The first kappa shape index (κ1) is 28.4. The molecule has 9 nitrogen and oxygen atoms in total. The van der Waals surface area contributed by atoms with Gasteiger partial charge in [0.15, 0.2) is 0 Å². The van der Waals surface area contributed by atoms with Crippen LogP contribution in [0.2, 0.25) is 0 Å². The first-order valence-electron chi connectivity index (χ1n) is 12.8. The van der Waals surface area contributed by atoms with Crippen LogP contribution in [0.15, 0.2) is 41.4 Å². The molecule has 3 aliphatic heterocycles. The van der Waals surface area contributed by atoms with E-state index in [4.69, 9.17) is 18.9 Å². The molecular formula is C27H35BrO9. The van der Waals surface area contributed by atoms with E-state index in [0.29, 0.717) is 42.1 Å². The fourth-order valence-corrected chi connectivity index (χ4v) is 5.70. The van der Waals surface area contributed by atoms with Gasteiger partial charge >= 0.3 is 5.97 Å². The van der Waals surface area contributed by atoms with Crippen LogP contribution in [-0.2, 0) is 23.7 Å². The van der Waals surface area contributed by atoms with Crippen LogP contribution in [0.4, 0.5) is 0 Å². The molecule has 10 heteroatoms. The van der Waals surface area contributed by atoms with Crippen molar-refractivity contribution in [1.82, 2.24) is 0 Å². The summed E-state index contributed by atoms with van der Waals surface area (Å²) in [7, 11) is 0. The van der Waals surface area contributed by atoms with Crippen molar-refractivity contribution in [3.05, 3.63) is 47.0 Å². The number of aliphatic hydroxyl groups is 3. The normalized spacial score (nSPS) is 33.7. The number of rotatable bonds is 11. The van der Waals surface area contributed by atoms with Crippen LogP contribution in [0.25, 0.3) is 0 Å². The third kappa shape index (κ3) is 7.06. The molecule has 0 radical (unpaired) electrons. The number of hydrogen-bond acceptors (Lipinski definition) is 9. The molecule has 1 aromatic carbocycles. The largest absolute Gasteiger partial charge is 0.458 e. The highest BCUT2D eigenvalue weighted by Gasteiger charge is 2.56. The molecule has 37 heavy (non-hydrogen) atoms. The van der Waals surface area contributed by atoms with Gasteiger partial charge in [-0.05, 0) is 42.3 Å². The SMILES string of the molecule is C=C(Br)C[C@H](CCC(=O)C[C@H]1O[C@H]2C(O)[C@H]3OC(CCO)CCC3O[C@H]2C1O)OC(=O)c1ccccc1. The lowest BCUT2D eigenvalue weighted by atomic mass is 9.88. The Morgan fingerprint density at radius 2 is 1.78 bits per heavy atom. The lowest BCUT2D eigenvalue weighted by Crippen LogP contribution is -2.61. The van der Waals surface area contributed by atoms with Crippen molar-refractivity contribution in [1.29, 1.82) is 0 Å². The van der Waals surface area contributed by atoms with E-state index in [9.17, 15) is 24.9 Å². The van der Waals surface area contributed by atoms with Crippen LogP contribution in [0.3, 0.4) is 0 Å². The number of Topliss-reactive ketones (excluding diaryl/α,β-unsaturated/α-hetero) is 1. The summed E-state index contributed by atoms with van der Waals surface area (Å²) in [5, 5.41) is 31.0. The number of benzene rings is 1. The second kappa shape index (κ2) is 12.9. The van der Waals surface area contributed by atoms with Gasteiger partial charge in [0.25, 0.3) is 0 Å². The number of ether oxygens (including phenoxy) is 4. The van der Waals surface area contributed by atoms with Crippen molar-refractivity contribution >= 4 is 27.7 Å². The minimum atomic E-state index is -1.06. The smallest absolute Gasteiger partial charge is 0.338 e. The van der Waals surface area contributed by atoms with Crippen LogP contribution in [-0.4, -0.2) is 88.6 Å². The number of hydrogen-bond donors (Lipinski definition) is 3. The minimum Gasteiger partial charge on any atom is -0.458 e. The summed E-state index contributed by atoms with van der Waals surface area (Å²) in [4.78, 5) is 25.3. The summed E-state index contributed by atoms with van der Waals surface area (Å²) >= 11 is 3.30. The maximum absolute atomic E-state index is 12.8. The van der Waals surface area contributed by atoms with Gasteiger partial charge in [0.05, 0.1) is 23.9 Å². The molecule has 3 saturated heterocycles. The van der Waals surface area contributed by atoms with E-state index < -0.39 is 48.7 Å². The van der Waals surface area contributed by atoms with E-state index in [0.717, 1.165) is 0 Å². The van der Waals surface area contributed by atoms with Crippen molar-refractivity contribution in [2.24, 2.45) is 0 Å². The first-order valence-corrected chi connectivity index (χ1v) is 13.6. The van der Waals surface area contributed by atoms with E-state index in [1.54, 1.807) is 24.3 Å². The van der Waals surface area contributed by atoms with Gasteiger partial charge in [0.1, 0.15) is 42.4 Å². The fraction of sp³-hybridized carbons (Fsp3) is 0.630. The van der Waals surface area contributed by atoms with Crippen molar-refractivity contribution in [2.75, 3.05) is 6.61 Å². The van der Waals surface area contributed by atoms with Crippen LogP contribution >= 0.6 is 15.9 Å². The zero-order valence-corrected chi connectivity index (χ0v) is 22.2. The average molecular weight is 583 g/mol. The highest BCUT2D eigenvalue weighted by Crippen LogP contribution is 2.40. The van der Waals surface area contributed by atoms with Gasteiger partial charge in [-0.25, -0.2) is 4.79 Å². The highest BCUT2D eigenvalue weighted by atomic mass is 79.9. The number of fused-ring (bicyclic) bond motifs is 2. The van der Waals surface area contributed by atoms with Crippen molar-refractivity contribution in [2.45, 2.75) is 99.9 Å². The molecule has 0 amide bonds. The Morgan fingerprint density at radius 3 is 2.49 bits per heavy atom. The van der Waals surface area contributed by atoms with Gasteiger partial charge < -0.3 is 34.3 Å². The van der Waals surface area contributed by atoms with Crippen molar-refractivity contribution in [3.8, 4) is 0 Å². The minimum absolute atomic E-state index is 0.000520. The summed E-state index contributed by atoms with van der Waals surface area (Å²) < 4.78 is 24.2. The fourth-order valence-electron chi connectivity index (χ4n) is 5.34. The van der Waals surface area contributed by atoms with Gasteiger partial charge in [-0.2, -0.15) is 0 Å². The molecule has 3 N–H and O–H groups in total. The molecule has 0 aromatic heterocycles. The molecule has 0 aliphatic carbocycles. The van der Waals surface area contributed by atoms with Gasteiger partial charge in [-0.3, -0.25) is 4.79 Å². The zero-order valence-electron chi connectivity index (χ0n) is 20.6. The monoisotopic (exact) mass is 582 g/mol. The Kier molecular flexibility index (Phi) is 9.90. The molecule has 3 fully saturated rings. The number of halogens is 1. The molecule has 3 heterocycles. The second-order valence-electron chi connectivity index (χ2n) is 9.97. The number of ketones is 1. The maximum Gasteiger partial charge on any atom is 0.338 e. The predicted octanol–water partition coefficient (Wildman–Crippen LogP) is 2.44. The molecular weight excluding hydrogens is 548 g/mol. The summed E-state index contributed by atoms with van der Waals surface area (Å²) in [6.07, 6.45) is -3.59. The topological polar surface area (TPSA) is 132 Å². The number of carbonyl (C=O) groups is 2. The zero-order chi connectivity index (χ0) is 26.5. The quantitative estimate of drug-likeness (QED) is 0.336. The molecule has 0 saturated carbocycles. The van der Waals surface area contributed by atoms with Gasteiger partial charge in [-0.15, -0.1) is 0 Å². The standard InChI is InChI=1S/C27H35BrO9/c1-15(28)13-19(35-27(33)16-5-3-2-4-6-16)8-7-17(30)14-21-22(31)25-26(37-21)23(32)24-20(36-25)10-9-18(34-24)11-12-29/h2-6,18-26,29,31-32H,1,7-14H2/t18?,19-,20?,21+,22?,23?,24-,25-,26-/m0/s1. The Hall–Kier alpha value is -1.66. The van der Waals surface area contributed by atoms with Crippen molar-refractivity contribution in [3.63, 3.8) is 0 Å². The van der Waals surface area contributed by atoms with Crippen LogP contribution in [0.1, 0.15) is 55.3 Å². The Balaban J connectivity index is 1.30. The second-order valence-corrected chi connectivity index (χ2v) is 11.1. The highest BCUT2D eigenvalue weighted by molar-refractivity contribution is 9.11. The average Bonchev–Trinajstić information content (AvgIpc) is 3.18. The maximum atomic E-state index is 12.8. The third-order valence-corrected chi connectivity index (χ3v) is 7.55. The summed E-state index contributed by atoms with van der Waals surface area (Å²) in [6.45, 7) is 3.82. The van der Waals surface area contributed by atoms with E-state index in [-0.39, 0.29) is 37.4 Å². The number of aliphatic hydroxyl groups excluding tert-OH is 3. The Labute approximate surface area is 224 Å². The van der Waals surface area contributed by atoms with Gasteiger partial charge in [0.2, 0.25) is 0 Å². The molecule has 3 aliphatic rings. The molecule has 0 bridgehead atoms. The van der Waals surface area contributed by atoms with Crippen LogP contribution < -0.4 is 0 Å². The Bertz CT molecular complexity index is 941.